The van der Waals surface area contributed by atoms with E-state index in [9.17, 15) is 0 Å². The highest BCUT2D eigenvalue weighted by Gasteiger charge is 2.29. The highest BCUT2D eigenvalue weighted by atomic mass is 35.5. The van der Waals surface area contributed by atoms with Gasteiger partial charge in [0.1, 0.15) is 0 Å². The summed E-state index contributed by atoms with van der Waals surface area (Å²) < 4.78 is 0. The summed E-state index contributed by atoms with van der Waals surface area (Å²) in [7, 11) is 0. The third-order valence-corrected chi connectivity index (χ3v) is 6.22. The Labute approximate surface area is 166 Å². The van der Waals surface area contributed by atoms with Crippen molar-refractivity contribution >= 4 is 45.5 Å². The van der Waals surface area contributed by atoms with Gasteiger partial charge in [0.15, 0.2) is 0 Å². The molecule has 1 aromatic heterocycles. The van der Waals surface area contributed by atoms with E-state index in [4.69, 9.17) is 21.7 Å². The molecule has 132 valence electrons. The number of hydrogen-bond acceptors (Lipinski definition) is 5. The van der Waals surface area contributed by atoms with Crippen LogP contribution in [0.25, 0.3) is 11.3 Å². The number of benzene rings is 2. The van der Waals surface area contributed by atoms with E-state index in [0.717, 1.165) is 33.5 Å². The monoisotopic (exact) mass is 399 g/mol. The number of nitrogens with zero attached hydrogens (tertiary/aromatic N) is 3. The summed E-state index contributed by atoms with van der Waals surface area (Å²) in [6, 6.07) is 16.7. The van der Waals surface area contributed by atoms with E-state index in [1.165, 1.54) is 10.5 Å². The number of aromatic nitrogens is 1. The SMILES string of the molecule is CSc1ccc([C@H]2CC(C)=NN2c2nc(-c3ccc(Cl)cc3)cs2)cc1. The van der Waals surface area contributed by atoms with E-state index in [1.807, 2.05) is 24.3 Å². The molecule has 3 nitrogen and oxygen atoms in total. The Morgan fingerprint density at radius 1 is 1.12 bits per heavy atom. The number of hydrogen-bond donors (Lipinski definition) is 0. The van der Waals surface area contributed by atoms with Gasteiger partial charge >= 0.3 is 0 Å². The molecule has 1 aliphatic heterocycles. The lowest BCUT2D eigenvalue weighted by molar-refractivity contribution is 0.705. The fourth-order valence-electron chi connectivity index (χ4n) is 3.04. The van der Waals surface area contributed by atoms with Crippen LogP contribution in [-0.4, -0.2) is 17.0 Å². The first-order chi connectivity index (χ1) is 12.6. The van der Waals surface area contributed by atoms with E-state index in [-0.39, 0.29) is 6.04 Å². The molecule has 0 aliphatic carbocycles. The van der Waals surface area contributed by atoms with Gasteiger partial charge in [-0.15, -0.1) is 23.1 Å². The average Bonchev–Trinajstić information content (AvgIpc) is 3.29. The lowest BCUT2D eigenvalue weighted by atomic mass is 10.0. The molecule has 0 amide bonds. The topological polar surface area (TPSA) is 28.5 Å². The smallest absolute Gasteiger partial charge is 0.207 e. The van der Waals surface area contributed by atoms with Gasteiger partial charge in [-0.3, -0.25) is 0 Å². The van der Waals surface area contributed by atoms with Gasteiger partial charge in [0.2, 0.25) is 5.13 Å². The highest BCUT2D eigenvalue weighted by Crippen LogP contribution is 2.38. The van der Waals surface area contributed by atoms with Crippen molar-refractivity contribution in [1.82, 2.24) is 4.98 Å². The highest BCUT2D eigenvalue weighted by molar-refractivity contribution is 7.98. The maximum absolute atomic E-state index is 5.99. The molecule has 0 spiro atoms. The number of thioether (sulfide) groups is 1. The van der Waals surface area contributed by atoms with Crippen molar-refractivity contribution in [2.24, 2.45) is 5.10 Å². The molecule has 4 rings (SSSR count). The molecule has 0 unspecified atom stereocenters. The first-order valence-corrected chi connectivity index (χ1v) is 10.8. The van der Waals surface area contributed by atoms with Gasteiger partial charge in [-0.05, 0) is 43.0 Å². The lowest BCUT2D eigenvalue weighted by Crippen LogP contribution is -2.18. The molecule has 26 heavy (non-hydrogen) atoms. The van der Waals surface area contributed by atoms with Gasteiger partial charge in [-0.2, -0.15) is 5.10 Å². The van der Waals surface area contributed by atoms with Crippen LogP contribution in [0.1, 0.15) is 24.9 Å². The summed E-state index contributed by atoms with van der Waals surface area (Å²) >= 11 is 9.37. The molecule has 1 aliphatic rings. The Morgan fingerprint density at radius 2 is 1.85 bits per heavy atom. The lowest BCUT2D eigenvalue weighted by Gasteiger charge is -2.21. The average molecular weight is 400 g/mol. The van der Waals surface area contributed by atoms with Crippen LogP contribution in [0, 0.1) is 0 Å². The molecule has 0 radical (unpaired) electrons. The predicted molar refractivity (Wildman–Crippen MR) is 114 cm³/mol. The Balaban J connectivity index is 1.63. The standard InChI is InChI=1S/C20H18ClN3S2/c1-13-11-19(15-5-9-17(25-2)10-6-15)24(23-13)20-22-18(12-26-20)14-3-7-16(21)8-4-14/h3-10,12,19H,11H2,1-2H3/t19-/m1/s1. The van der Waals surface area contributed by atoms with Crippen LogP contribution in [0.4, 0.5) is 5.13 Å². The molecular formula is C20H18ClN3S2. The van der Waals surface area contributed by atoms with Crippen LogP contribution < -0.4 is 5.01 Å². The zero-order valence-electron chi connectivity index (χ0n) is 14.5. The van der Waals surface area contributed by atoms with E-state index in [0.29, 0.717) is 0 Å². The number of rotatable bonds is 4. The van der Waals surface area contributed by atoms with Crippen molar-refractivity contribution in [3.05, 3.63) is 64.5 Å². The summed E-state index contributed by atoms with van der Waals surface area (Å²) in [6.07, 6.45) is 3.02. The Hall–Kier alpha value is -1.82. The van der Waals surface area contributed by atoms with Crippen LogP contribution >= 0.6 is 34.7 Å². The van der Waals surface area contributed by atoms with Gasteiger partial charge in [-0.25, -0.2) is 9.99 Å². The molecule has 6 heteroatoms. The van der Waals surface area contributed by atoms with Crippen LogP contribution in [-0.2, 0) is 0 Å². The summed E-state index contributed by atoms with van der Waals surface area (Å²) in [5, 5.41) is 10.5. The largest absolute Gasteiger partial charge is 0.231 e. The number of anilines is 1. The molecule has 0 saturated heterocycles. The first-order valence-electron chi connectivity index (χ1n) is 8.33. The second kappa shape index (κ2) is 7.43. The second-order valence-electron chi connectivity index (χ2n) is 6.20. The number of thiazole rings is 1. The van der Waals surface area contributed by atoms with Crippen molar-refractivity contribution < 1.29 is 0 Å². The molecule has 0 bridgehead atoms. The maximum atomic E-state index is 5.99. The molecular weight excluding hydrogens is 382 g/mol. The summed E-state index contributed by atoms with van der Waals surface area (Å²) in [6.45, 7) is 2.08. The van der Waals surface area contributed by atoms with Crippen LogP contribution in [0.15, 0.2) is 63.9 Å². The van der Waals surface area contributed by atoms with Crippen molar-refractivity contribution in [2.75, 3.05) is 11.3 Å². The van der Waals surface area contributed by atoms with Crippen molar-refractivity contribution in [3.63, 3.8) is 0 Å². The molecule has 0 N–H and O–H groups in total. The Bertz CT molecular complexity index is 932. The van der Waals surface area contributed by atoms with Gasteiger partial charge < -0.3 is 0 Å². The second-order valence-corrected chi connectivity index (χ2v) is 8.35. The van der Waals surface area contributed by atoms with Crippen LogP contribution in [0.5, 0.6) is 0 Å². The van der Waals surface area contributed by atoms with Gasteiger partial charge in [0.05, 0.1) is 11.7 Å². The Kier molecular flexibility index (Phi) is 5.02. The molecule has 2 aromatic carbocycles. The molecule has 0 saturated carbocycles. The molecule has 3 aromatic rings. The van der Waals surface area contributed by atoms with Crippen LogP contribution in [0.2, 0.25) is 5.02 Å². The van der Waals surface area contributed by atoms with Gasteiger partial charge in [-0.1, -0.05) is 35.9 Å². The van der Waals surface area contributed by atoms with Gasteiger partial charge in [0.25, 0.3) is 0 Å². The van der Waals surface area contributed by atoms with Crippen molar-refractivity contribution in [1.29, 1.82) is 0 Å². The predicted octanol–water partition coefficient (Wildman–Crippen LogP) is 6.51. The maximum Gasteiger partial charge on any atom is 0.207 e. The van der Waals surface area contributed by atoms with Crippen LogP contribution in [0.3, 0.4) is 0 Å². The third kappa shape index (κ3) is 3.52. The quantitative estimate of drug-likeness (QED) is 0.468. The van der Waals surface area contributed by atoms with Gasteiger partial charge in [0, 0.05) is 33.0 Å². The normalized spacial score (nSPS) is 16.8. The zero-order valence-corrected chi connectivity index (χ0v) is 16.9. The van der Waals surface area contributed by atoms with E-state index >= 15 is 0 Å². The Morgan fingerprint density at radius 3 is 2.54 bits per heavy atom. The molecule has 0 fully saturated rings. The van der Waals surface area contributed by atoms with Crippen molar-refractivity contribution in [2.45, 2.75) is 24.3 Å². The fourth-order valence-corrected chi connectivity index (χ4v) is 4.41. The minimum atomic E-state index is 0.204. The summed E-state index contributed by atoms with van der Waals surface area (Å²) in [5.74, 6) is 0. The first kappa shape index (κ1) is 17.6. The van der Waals surface area contributed by atoms with E-state index in [1.54, 1.807) is 23.1 Å². The number of hydrazone groups is 1. The zero-order chi connectivity index (χ0) is 18.1. The third-order valence-electron chi connectivity index (χ3n) is 4.39. The minimum Gasteiger partial charge on any atom is -0.231 e. The molecule has 1 atom stereocenters. The number of halogens is 1. The fraction of sp³-hybridized carbons (Fsp3) is 0.200. The van der Waals surface area contributed by atoms with E-state index in [2.05, 4.69) is 47.8 Å². The summed E-state index contributed by atoms with van der Waals surface area (Å²) in [5.41, 5.74) is 4.43. The summed E-state index contributed by atoms with van der Waals surface area (Å²) in [4.78, 5) is 6.10. The van der Waals surface area contributed by atoms with Crippen molar-refractivity contribution in [3.8, 4) is 11.3 Å². The minimum absolute atomic E-state index is 0.204. The van der Waals surface area contributed by atoms with E-state index < -0.39 is 0 Å². The molecule has 2 heterocycles.